The molecule has 0 saturated heterocycles. The van der Waals surface area contributed by atoms with Crippen molar-refractivity contribution in [2.45, 2.75) is 13.8 Å². The van der Waals surface area contributed by atoms with Crippen molar-refractivity contribution in [2.24, 2.45) is 5.10 Å². The lowest BCUT2D eigenvalue weighted by Crippen LogP contribution is -2.32. The SMILES string of the molecule is Cc1ccc(NC(=O)C(=O)N/N=C\c2ccc(OC(=O)c3ccccc3C)cc2)cc1. The topological polar surface area (TPSA) is 96.9 Å². The molecule has 0 fully saturated rings. The van der Waals surface area contributed by atoms with Gasteiger partial charge in [0.1, 0.15) is 5.75 Å². The number of hydrogen-bond donors (Lipinski definition) is 2. The molecular weight excluding hydrogens is 394 g/mol. The summed E-state index contributed by atoms with van der Waals surface area (Å²) in [5, 5.41) is 6.26. The van der Waals surface area contributed by atoms with Crippen molar-refractivity contribution < 1.29 is 19.1 Å². The van der Waals surface area contributed by atoms with E-state index in [9.17, 15) is 14.4 Å². The monoisotopic (exact) mass is 415 g/mol. The van der Waals surface area contributed by atoms with E-state index in [0.717, 1.165) is 11.1 Å². The first-order valence-corrected chi connectivity index (χ1v) is 9.51. The van der Waals surface area contributed by atoms with Crippen LogP contribution in [0.1, 0.15) is 27.0 Å². The number of amides is 2. The Kier molecular flexibility index (Phi) is 6.90. The molecule has 0 radical (unpaired) electrons. The molecule has 0 unspecified atom stereocenters. The molecule has 0 atom stereocenters. The summed E-state index contributed by atoms with van der Waals surface area (Å²) in [4.78, 5) is 36.0. The van der Waals surface area contributed by atoms with Gasteiger partial charge in [0, 0.05) is 5.69 Å². The second-order valence-electron chi connectivity index (χ2n) is 6.79. The molecule has 0 bridgehead atoms. The summed E-state index contributed by atoms with van der Waals surface area (Å²) in [7, 11) is 0. The first-order valence-electron chi connectivity index (χ1n) is 9.51. The second-order valence-corrected chi connectivity index (χ2v) is 6.79. The van der Waals surface area contributed by atoms with E-state index in [1.807, 2.05) is 38.1 Å². The number of nitrogens with zero attached hydrogens (tertiary/aromatic N) is 1. The summed E-state index contributed by atoms with van der Waals surface area (Å²) in [5.74, 6) is -1.77. The van der Waals surface area contributed by atoms with E-state index in [2.05, 4.69) is 15.8 Å². The minimum absolute atomic E-state index is 0.381. The largest absolute Gasteiger partial charge is 0.423 e. The number of aryl methyl sites for hydroxylation is 2. The highest BCUT2D eigenvalue weighted by Crippen LogP contribution is 2.15. The number of carbonyl (C=O) groups excluding carboxylic acids is 3. The first-order chi connectivity index (χ1) is 14.9. The van der Waals surface area contributed by atoms with E-state index < -0.39 is 17.8 Å². The number of esters is 1. The van der Waals surface area contributed by atoms with Crippen LogP contribution in [0.4, 0.5) is 5.69 Å². The fourth-order valence-corrected chi connectivity index (χ4v) is 2.63. The molecule has 3 aromatic carbocycles. The van der Waals surface area contributed by atoms with Gasteiger partial charge in [0.25, 0.3) is 0 Å². The summed E-state index contributed by atoms with van der Waals surface area (Å²) in [6, 6.07) is 20.8. The molecule has 3 aromatic rings. The highest BCUT2D eigenvalue weighted by atomic mass is 16.5. The fourth-order valence-electron chi connectivity index (χ4n) is 2.63. The summed E-state index contributed by atoms with van der Waals surface area (Å²) < 4.78 is 5.37. The maximum atomic E-state index is 12.2. The van der Waals surface area contributed by atoms with Crippen LogP contribution in [0.5, 0.6) is 5.75 Å². The molecule has 156 valence electrons. The van der Waals surface area contributed by atoms with Gasteiger partial charge in [-0.3, -0.25) is 9.59 Å². The molecule has 0 saturated carbocycles. The maximum Gasteiger partial charge on any atom is 0.343 e. The molecule has 7 heteroatoms. The van der Waals surface area contributed by atoms with Crippen molar-refractivity contribution in [1.29, 1.82) is 0 Å². The van der Waals surface area contributed by atoms with E-state index in [-0.39, 0.29) is 0 Å². The van der Waals surface area contributed by atoms with Gasteiger partial charge in [-0.15, -0.1) is 0 Å². The molecule has 0 aliphatic rings. The van der Waals surface area contributed by atoms with Crippen molar-refractivity contribution in [3.05, 3.63) is 95.1 Å². The minimum atomic E-state index is -0.888. The van der Waals surface area contributed by atoms with E-state index in [4.69, 9.17) is 4.74 Å². The second kappa shape index (κ2) is 9.98. The van der Waals surface area contributed by atoms with E-state index in [1.165, 1.54) is 6.21 Å². The van der Waals surface area contributed by atoms with Gasteiger partial charge in [-0.1, -0.05) is 35.9 Å². The molecule has 0 aliphatic heterocycles. The van der Waals surface area contributed by atoms with Gasteiger partial charge in [-0.05, 0) is 67.4 Å². The maximum absolute atomic E-state index is 12.2. The quantitative estimate of drug-likeness (QED) is 0.219. The van der Waals surface area contributed by atoms with Gasteiger partial charge in [0.15, 0.2) is 0 Å². The lowest BCUT2D eigenvalue weighted by atomic mass is 10.1. The number of benzene rings is 3. The Morgan fingerprint density at radius 2 is 1.52 bits per heavy atom. The third-order valence-electron chi connectivity index (χ3n) is 4.35. The highest BCUT2D eigenvalue weighted by molar-refractivity contribution is 6.39. The van der Waals surface area contributed by atoms with Gasteiger partial charge in [-0.25, -0.2) is 10.2 Å². The number of rotatable bonds is 5. The van der Waals surface area contributed by atoms with Crippen LogP contribution < -0.4 is 15.5 Å². The zero-order chi connectivity index (χ0) is 22.2. The number of nitrogens with one attached hydrogen (secondary N) is 2. The van der Waals surface area contributed by atoms with Crippen LogP contribution in [0, 0.1) is 13.8 Å². The molecule has 2 amide bonds. The number of hydrazone groups is 1. The summed E-state index contributed by atoms with van der Waals surface area (Å²) in [6.07, 6.45) is 1.38. The Morgan fingerprint density at radius 3 is 2.19 bits per heavy atom. The predicted octanol–water partition coefficient (Wildman–Crippen LogP) is 3.61. The van der Waals surface area contributed by atoms with Crippen molar-refractivity contribution >= 4 is 29.7 Å². The molecular formula is C24H21N3O4. The number of hydrogen-bond acceptors (Lipinski definition) is 5. The molecule has 31 heavy (non-hydrogen) atoms. The summed E-state index contributed by atoms with van der Waals surface area (Å²) in [6.45, 7) is 3.76. The molecule has 0 heterocycles. The fraction of sp³-hybridized carbons (Fsp3) is 0.0833. The van der Waals surface area contributed by atoms with Gasteiger partial charge in [0.2, 0.25) is 0 Å². The van der Waals surface area contributed by atoms with Crippen LogP contribution in [0.3, 0.4) is 0 Å². The van der Waals surface area contributed by atoms with Gasteiger partial charge in [0.05, 0.1) is 11.8 Å². The summed E-state index contributed by atoms with van der Waals surface area (Å²) >= 11 is 0. The molecule has 0 spiro atoms. The molecule has 0 aliphatic carbocycles. The van der Waals surface area contributed by atoms with Gasteiger partial charge >= 0.3 is 17.8 Å². The van der Waals surface area contributed by atoms with Crippen LogP contribution in [-0.2, 0) is 9.59 Å². The van der Waals surface area contributed by atoms with Crippen LogP contribution in [0.25, 0.3) is 0 Å². The summed E-state index contributed by atoms with van der Waals surface area (Å²) in [5.41, 5.74) is 5.71. The Bertz CT molecular complexity index is 1120. The van der Waals surface area contributed by atoms with Crippen molar-refractivity contribution in [3.8, 4) is 5.75 Å². The van der Waals surface area contributed by atoms with Crippen LogP contribution in [-0.4, -0.2) is 24.0 Å². The third-order valence-corrected chi connectivity index (χ3v) is 4.35. The van der Waals surface area contributed by atoms with Crippen molar-refractivity contribution in [2.75, 3.05) is 5.32 Å². The highest BCUT2D eigenvalue weighted by Gasteiger charge is 2.13. The minimum Gasteiger partial charge on any atom is -0.423 e. The Balaban J connectivity index is 1.51. The lowest BCUT2D eigenvalue weighted by Gasteiger charge is -2.06. The zero-order valence-electron chi connectivity index (χ0n) is 17.1. The smallest absolute Gasteiger partial charge is 0.343 e. The Morgan fingerprint density at radius 1 is 0.839 bits per heavy atom. The number of carbonyl (C=O) groups is 3. The third kappa shape index (κ3) is 6.11. The first kappa shape index (κ1) is 21.4. The van der Waals surface area contributed by atoms with E-state index in [1.54, 1.807) is 48.5 Å². The van der Waals surface area contributed by atoms with Crippen molar-refractivity contribution in [3.63, 3.8) is 0 Å². The molecule has 0 aromatic heterocycles. The Labute approximate surface area is 179 Å². The Hall–Kier alpha value is -4.26. The van der Waals surface area contributed by atoms with Gasteiger partial charge in [-0.2, -0.15) is 5.10 Å². The lowest BCUT2D eigenvalue weighted by molar-refractivity contribution is -0.136. The molecule has 2 N–H and O–H groups in total. The van der Waals surface area contributed by atoms with Crippen LogP contribution >= 0.6 is 0 Å². The average Bonchev–Trinajstić information content (AvgIpc) is 2.76. The number of ether oxygens (including phenoxy) is 1. The van der Waals surface area contributed by atoms with Crippen LogP contribution in [0.2, 0.25) is 0 Å². The van der Waals surface area contributed by atoms with Crippen LogP contribution in [0.15, 0.2) is 77.9 Å². The van der Waals surface area contributed by atoms with E-state index in [0.29, 0.717) is 22.6 Å². The van der Waals surface area contributed by atoms with Crippen molar-refractivity contribution in [1.82, 2.24) is 5.43 Å². The molecule has 7 nitrogen and oxygen atoms in total. The molecule has 3 rings (SSSR count). The average molecular weight is 415 g/mol. The zero-order valence-corrected chi connectivity index (χ0v) is 17.1. The normalized spacial score (nSPS) is 10.5. The number of anilines is 1. The standard InChI is InChI=1S/C24H21N3O4/c1-16-7-11-19(12-8-16)26-22(28)23(29)27-25-15-18-9-13-20(14-10-18)31-24(30)21-6-4-3-5-17(21)2/h3-15H,1-2H3,(H,26,28)(H,27,29)/b25-15-. The van der Waals surface area contributed by atoms with Gasteiger partial charge < -0.3 is 10.1 Å². The van der Waals surface area contributed by atoms with E-state index >= 15 is 0 Å². The predicted molar refractivity (Wildman–Crippen MR) is 118 cm³/mol.